The number of carbonyl (C=O) groups excluding carboxylic acids is 2. The standard InChI is InChI=1S/C43H76O5/c1-3-5-7-9-11-13-15-17-19-21-23-25-27-29-31-33-35-37-42(45)47-40-41(39-44)48-43(46)38-36-34-32-30-28-26-24-22-20-18-16-14-12-10-8-6-4-2/h11,13,17-20,23,25,41,44H,3-10,12,14-16,21-22,24,26-40H2,1-2H3/t41-/m0/s1. The number of ether oxygens (including phenoxy) is 2. The van der Waals surface area contributed by atoms with E-state index in [1.807, 2.05) is 0 Å². The minimum atomic E-state index is -0.782. The molecule has 0 aliphatic carbocycles. The van der Waals surface area contributed by atoms with Crippen LogP contribution >= 0.6 is 0 Å². The van der Waals surface area contributed by atoms with E-state index < -0.39 is 6.10 Å². The summed E-state index contributed by atoms with van der Waals surface area (Å²) in [5.41, 5.74) is 0. The van der Waals surface area contributed by atoms with Crippen molar-refractivity contribution >= 4 is 11.9 Å². The fraction of sp³-hybridized carbons (Fsp3) is 0.767. The summed E-state index contributed by atoms with van der Waals surface area (Å²) in [6.45, 7) is 4.08. The van der Waals surface area contributed by atoms with Gasteiger partial charge in [-0.05, 0) is 77.0 Å². The first-order valence-corrected chi connectivity index (χ1v) is 20.2. The molecule has 1 atom stereocenters. The molecule has 0 aromatic heterocycles. The summed E-state index contributed by atoms with van der Waals surface area (Å²) in [5.74, 6) is -0.621. The minimum Gasteiger partial charge on any atom is -0.462 e. The maximum atomic E-state index is 12.2. The molecule has 0 radical (unpaired) electrons. The van der Waals surface area contributed by atoms with E-state index in [1.165, 1.54) is 103 Å². The van der Waals surface area contributed by atoms with Crippen LogP contribution < -0.4 is 0 Å². The van der Waals surface area contributed by atoms with Crippen LogP contribution in [0.25, 0.3) is 0 Å². The van der Waals surface area contributed by atoms with Gasteiger partial charge in [-0.15, -0.1) is 0 Å². The highest BCUT2D eigenvalue weighted by atomic mass is 16.6. The van der Waals surface area contributed by atoms with Gasteiger partial charge in [0.2, 0.25) is 0 Å². The Morgan fingerprint density at radius 3 is 1.31 bits per heavy atom. The summed E-state index contributed by atoms with van der Waals surface area (Å²) in [6, 6.07) is 0. The number of aliphatic hydroxyl groups is 1. The number of aliphatic hydroxyl groups excluding tert-OH is 1. The molecule has 0 rings (SSSR count). The molecule has 0 amide bonds. The Morgan fingerprint density at radius 1 is 0.479 bits per heavy atom. The van der Waals surface area contributed by atoms with Gasteiger partial charge in [0.1, 0.15) is 6.61 Å². The second kappa shape index (κ2) is 39.3. The van der Waals surface area contributed by atoms with Crippen LogP contribution in [-0.2, 0) is 19.1 Å². The third kappa shape index (κ3) is 36.7. The maximum absolute atomic E-state index is 12.2. The number of allylic oxidation sites excluding steroid dienone is 8. The van der Waals surface area contributed by atoms with Gasteiger partial charge in [-0.1, -0.05) is 152 Å². The summed E-state index contributed by atoms with van der Waals surface area (Å²) in [5, 5.41) is 9.56. The summed E-state index contributed by atoms with van der Waals surface area (Å²) >= 11 is 0. The van der Waals surface area contributed by atoms with E-state index in [9.17, 15) is 14.7 Å². The van der Waals surface area contributed by atoms with Crippen molar-refractivity contribution in [2.24, 2.45) is 0 Å². The molecule has 5 nitrogen and oxygen atoms in total. The maximum Gasteiger partial charge on any atom is 0.306 e. The average molecular weight is 673 g/mol. The van der Waals surface area contributed by atoms with Crippen molar-refractivity contribution in [3.05, 3.63) is 48.6 Å². The van der Waals surface area contributed by atoms with Crippen molar-refractivity contribution in [1.82, 2.24) is 0 Å². The lowest BCUT2D eigenvalue weighted by molar-refractivity contribution is -0.161. The van der Waals surface area contributed by atoms with Crippen molar-refractivity contribution in [1.29, 1.82) is 0 Å². The highest BCUT2D eigenvalue weighted by Gasteiger charge is 2.16. The van der Waals surface area contributed by atoms with Crippen LogP contribution in [0.2, 0.25) is 0 Å². The molecular formula is C43H76O5. The van der Waals surface area contributed by atoms with Gasteiger partial charge in [-0.25, -0.2) is 0 Å². The smallest absolute Gasteiger partial charge is 0.306 e. The monoisotopic (exact) mass is 673 g/mol. The Morgan fingerprint density at radius 2 is 0.833 bits per heavy atom. The Labute approximate surface area is 297 Å². The van der Waals surface area contributed by atoms with Crippen LogP contribution in [-0.4, -0.2) is 36.4 Å². The Kier molecular flexibility index (Phi) is 37.5. The molecule has 0 heterocycles. The van der Waals surface area contributed by atoms with Crippen molar-refractivity contribution in [3.8, 4) is 0 Å². The van der Waals surface area contributed by atoms with Crippen LogP contribution in [0, 0.1) is 0 Å². The first kappa shape index (κ1) is 45.9. The highest BCUT2D eigenvalue weighted by Crippen LogP contribution is 2.13. The van der Waals surface area contributed by atoms with Gasteiger partial charge >= 0.3 is 11.9 Å². The van der Waals surface area contributed by atoms with Crippen LogP contribution in [0.4, 0.5) is 0 Å². The SMILES string of the molecule is CCCCCC=CCC=CCC=CCCCCCCC(=O)OC[C@H](CO)OC(=O)CCCCCCCCCC=CCCCCCCCC. The number of hydrogen-bond acceptors (Lipinski definition) is 5. The van der Waals surface area contributed by atoms with Gasteiger partial charge in [0.25, 0.3) is 0 Å². The molecule has 0 aliphatic heterocycles. The van der Waals surface area contributed by atoms with Crippen LogP contribution in [0.5, 0.6) is 0 Å². The number of unbranched alkanes of at least 4 members (excludes halogenated alkanes) is 20. The number of rotatable bonds is 36. The van der Waals surface area contributed by atoms with E-state index in [1.54, 1.807) is 0 Å². The summed E-state index contributed by atoms with van der Waals surface area (Å²) in [6.07, 6.45) is 48.8. The Bertz CT molecular complexity index is 812. The molecule has 0 bridgehead atoms. The van der Waals surface area contributed by atoms with Crippen molar-refractivity contribution in [2.75, 3.05) is 13.2 Å². The van der Waals surface area contributed by atoms with Crippen LogP contribution in [0.1, 0.15) is 194 Å². The van der Waals surface area contributed by atoms with Gasteiger partial charge in [-0.3, -0.25) is 9.59 Å². The third-order valence-electron chi connectivity index (χ3n) is 8.60. The normalized spacial score (nSPS) is 12.6. The van der Waals surface area contributed by atoms with Crippen molar-refractivity contribution in [3.63, 3.8) is 0 Å². The molecule has 0 aromatic carbocycles. The van der Waals surface area contributed by atoms with Crippen molar-refractivity contribution < 1.29 is 24.2 Å². The molecule has 0 fully saturated rings. The molecule has 48 heavy (non-hydrogen) atoms. The zero-order valence-corrected chi connectivity index (χ0v) is 31.5. The molecule has 0 saturated heterocycles. The molecule has 0 aromatic rings. The predicted octanol–water partition coefficient (Wildman–Crippen LogP) is 12.6. The number of carbonyl (C=O) groups is 2. The van der Waals surface area contributed by atoms with Gasteiger partial charge in [0, 0.05) is 12.8 Å². The first-order valence-electron chi connectivity index (χ1n) is 20.2. The first-order chi connectivity index (χ1) is 23.6. The van der Waals surface area contributed by atoms with Crippen LogP contribution in [0.15, 0.2) is 48.6 Å². The second-order valence-corrected chi connectivity index (χ2v) is 13.4. The molecule has 0 spiro atoms. The van der Waals surface area contributed by atoms with Gasteiger partial charge in [-0.2, -0.15) is 0 Å². The van der Waals surface area contributed by atoms with E-state index >= 15 is 0 Å². The minimum absolute atomic E-state index is 0.0796. The predicted molar refractivity (Wildman–Crippen MR) is 205 cm³/mol. The lowest BCUT2D eigenvalue weighted by atomic mass is 10.1. The zero-order chi connectivity index (χ0) is 35.0. The van der Waals surface area contributed by atoms with E-state index in [4.69, 9.17) is 9.47 Å². The molecular weight excluding hydrogens is 596 g/mol. The fourth-order valence-corrected chi connectivity index (χ4v) is 5.50. The Hall–Kier alpha value is -2.14. The topological polar surface area (TPSA) is 72.8 Å². The average Bonchev–Trinajstić information content (AvgIpc) is 3.09. The van der Waals surface area contributed by atoms with E-state index in [0.29, 0.717) is 12.8 Å². The molecule has 1 N–H and O–H groups in total. The second-order valence-electron chi connectivity index (χ2n) is 13.4. The molecule has 0 unspecified atom stereocenters. The van der Waals surface area contributed by atoms with E-state index in [0.717, 1.165) is 64.2 Å². The molecule has 0 aliphatic rings. The summed E-state index contributed by atoms with van der Waals surface area (Å²) in [7, 11) is 0. The largest absolute Gasteiger partial charge is 0.462 e. The van der Waals surface area contributed by atoms with Gasteiger partial charge in [0.05, 0.1) is 6.61 Å². The lowest BCUT2D eigenvalue weighted by Crippen LogP contribution is -2.28. The zero-order valence-electron chi connectivity index (χ0n) is 31.5. The van der Waals surface area contributed by atoms with Crippen molar-refractivity contribution in [2.45, 2.75) is 200 Å². The summed E-state index contributed by atoms with van der Waals surface area (Å²) in [4.78, 5) is 24.3. The number of esters is 2. The lowest BCUT2D eigenvalue weighted by Gasteiger charge is -2.15. The molecule has 278 valence electrons. The van der Waals surface area contributed by atoms with E-state index in [-0.39, 0.29) is 25.2 Å². The van der Waals surface area contributed by atoms with E-state index in [2.05, 4.69) is 62.5 Å². The molecule has 0 saturated carbocycles. The van der Waals surface area contributed by atoms with Gasteiger partial charge in [0.15, 0.2) is 6.10 Å². The molecule has 5 heteroatoms. The Balaban J connectivity index is 3.61. The fourth-order valence-electron chi connectivity index (χ4n) is 5.50. The third-order valence-corrected chi connectivity index (χ3v) is 8.60. The quantitative estimate of drug-likeness (QED) is 0.0407. The van der Waals surface area contributed by atoms with Gasteiger partial charge < -0.3 is 14.6 Å². The number of hydrogen-bond donors (Lipinski definition) is 1. The summed E-state index contributed by atoms with van der Waals surface area (Å²) < 4.78 is 10.6. The van der Waals surface area contributed by atoms with Crippen LogP contribution in [0.3, 0.4) is 0 Å². The highest BCUT2D eigenvalue weighted by molar-refractivity contribution is 5.70.